The van der Waals surface area contributed by atoms with Gasteiger partial charge in [0.05, 0.1) is 30.6 Å². The van der Waals surface area contributed by atoms with Crippen molar-refractivity contribution in [3.05, 3.63) is 77.3 Å². The van der Waals surface area contributed by atoms with Crippen LogP contribution in [0.2, 0.25) is 0 Å². The van der Waals surface area contributed by atoms with Crippen molar-refractivity contribution in [2.75, 3.05) is 6.54 Å². The third-order valence-corrected chi connectivity index (χ3v) is 5.94. The Morgan fingerprint density at radius 1 is 1.21 bits per heavy atom. The van der Waals surface area contributed by atoms with Crippen LogP contribution in [-0.2, 0) is 6.54 Å². The lowest BCUT2D eigenvalue weighted by Crippen LogP contribution is -2.33. The average molecular weight is 409 g/mol. The second-order valence-corrected chi connectivity index (χ2v) is 8.55. The summed E-state index contributed by atoms with van der Waals surface area (Å²) in [6, 6.07) is 12.5. The highest BCUT2D eigenvalue weighted by molar-refractivity contribution is 7.80. The number of hydrogen-bond donors (Lipinski definition) is 1. The van der Waals surface area contributed by atoms with Crippen LogP contribution in [0.25, 0.3) is 0 Å². The Kier molecular flexibility index (Phi) is 5.46. The molecule has 2 atom stereocenters. The number of aromatic nitrogens is 2. The lowest BCUT2D eigenvalue weighted by molar-refractivity contribution is 0.286. The first kappa shape index (κ1) is 19.7. The fraction of sp³-hybridized carbons (Fsp3) is 0.391. The van der Waals surface area contributed by atoms with Crippen molar-refractivity contribution < 1.29 is 4.42 Å². The highest BCUT2D eigenvalue weighted by Gasteiger charge is 2.41. The molecular weight excluding hydrogens is 380 g/mol. The maximum Gasteiger partial charge on any atom is 0.170 e. The lowest BCUT2D eigenvalue weighted by Gasteiger charge is -2.29. The van der Waals surface area contributed by atoms with Gasteiger partial charge in [0.1, 0.15) is 5.76 Å². The molecule has 1 saturated heterocycles. The number of nitrogens with one attached hydrogen (secondary N) is 1. The van der Waals surface area contributed by atoms with Crippen LogP contribution < -0.4 is 5.32 Å². The summed E-state index contributed by atoms with van der Waals surface area (Å²) >= 11 is 5.75. The van der Waals surface area contributed by atoms with Crippen molar-refractivity contribution in [3.63, 3.8) is 0 Å². The molecule has 0 aliphatic carbocycles. The highest BCUT2D eigenvalue weighted by Crippen LogP contribution is 2.41. The average Bonchev–Trinajstić information content (AvgIpc) is 3.38. The van der Waals surface area contributed by atoms with Crippen LogP contribution in [0.15, 0.2) is 53.3 Å². The monoisotopic (exact) mass is 408 g/mol. The summed E-state index contributed by atoms with van der Waals surface area (Å²) in [4.78, 5) is 6.97. The van der Waals surface area contributed by atoms with Gasteiger partial charge in [-0.15, -0.1) is 0 Å². The number of hydrogen-bond acceptors (Lipinski definition) is 3. The number of furan rings is 1. The summed E-state index contributed by atoms with van der Waals surface area (Å²) < 4.78 is 7.91. The van der Waals surface area contributed by atoms with E-state index < -0.39 is 0 Å². The molecule has 6 heteroatoms. The smallest absolute Gasteiger partial charge is 0.170 e. The second kappa shape index (κ2) is 8.03. The number of thiocarbonyl (C=S) groups is 1. The van der Waals surface area contributed by atoms with Gasteiger partial charge >= 0.3 is 0 Å². The third-order valence-electron chi connectivity index (χ3n) is 5.59. The first-order valence-electron chi connectivity index (χ1n) is 10.1. The fourth-order valence-corrected chi connectivity index (χ4v) is 4.58. The Labute approximate surface area is 177 Å². The molecule has 4 rings (SSSR count). The molecule has 0 spiro atoms. The SMILES string of the molecule is Cc1cc([C@@H]2[C@H](c3ccccn3)NC(=S)N2CC(C)C)c(C)n1Cc1ccco1. The normalized spacial score (nSPS) is 19.2. The lowest BCUT2D eigenvalue weighted by atomic mass is 9.96. The molecule has 1 N–H and O–H groups in total. The summed E-state index contributed by atoms with van der Waals surface area (Å²) in [5, 5.41) is 4.34. The van der Waals surface area contributed by atoms with Crippen molar-refractivity contribution in [1.82, 2.24) is 19.8 Å². The van der Waals surface area contributed by atoms with E-state index in [1.807, 2.05) is 30.5 Å². The quantitative estimate of drug-likeness (QED) is 0.595. The van der Waals surface area contributed by atoms with Gasteiger partial charge in [0.25, 0.3) is 0 Å². The Morgan fingerprint density at radius 3 is 2.69 bits per heavy atom. The van der Waals surface area contributed by atoms with Crippen LogP contribution in [0, 0.1) is 19.8 Å². The van der Waals surface area contributed by atoms with E-state index in [-0.39, 0.29) is 12.1 Å². The minimum absolute atomic E-state index is 0.0278. The minimum Gasteiger partial charge on any atom is -0.467 e. The molecule has 0 bridgehead atoms. The van der Waals surface area contributed by atoms with Crippen molar-refractivity contribution in [2.24, 2.45) is 5.92 Å². The van der Waals surface area contributed by atoms with E-state index in [2.05, 4.69) is 59.6 Å². The van der Waals surface area contributed by atoms with Gasteiger partial charge in [0.15, 0.2) is 5.11 Å². The van der Waals surface area contributed by atoms with Crippen molar-refractivity contribution >= 4 is 17.3 Å². The first-order chi connectivity index (χ1) is 14.0. The first-order valence-corrected chi connectivity index (χ1v) is 10.5. The molecule has 0 radical (unpaired) electrons. The molecule has 0 aromatic carbocycles. The van der Waals surface area contributed by atoms with Crippen LogP contribution >= 0.6 is 12.2 Å². The Hall–Kier alpha value is -2.60. The van der Waals surface area contributed by atoms with E-state index in [4.69, 9.17) is 16.6 Å². The van der Waals surface area contributed by atoms with Crippen LogP contribution in [0.1, 0.15) is 54.3 Å². The van der Waals surface area contributed by atoms with Gasteiger partial charge in [-0.3, -0.25) is 4.98 Å². The van der Waals surface area contributed by atoms with E-state index >= 15 is 0 Å². The van der Waals surface area contributed by atoms with Crippen molar-refractivity contribution in [1.29, 1.82) is 0 Å². The van der Waals surface area contributed by atoms with Crippen LogP contribution in [0.4, 0.5) is 0 Å². The molecule has 0 amide bonds. The molecule has 0 unspecified atom stereocenters. The molecule has 29 heavy (non-hydrogen) atoms. The number of nitrogens with zero attached hydrogens (tertiary/aromatic N) is 3. The van der Waals surface area contributed by atoms with E-state index in [0.29, 0.717) is 5.92 Å². The Bertz CT molecular complexity index is 978. The summed E-state index contributed by atoms with van der Waals surface area (Å²) in [5.74, 6) is 1.46. The largest absolute Gasteiger partial charge is 0.467 e. The zero-order chi connectivity index (χ0) is 20.5. The van der Waals surface area contributed by atoms with E-state index in [1.54, 1.807) is 6.26 Å². The van der Waals surface area contributed by atoms with E-state index in [0.717, 1.165) is 29.7 Å². The maximum atomic E-state index is 5.75. The minimum atomic E-state index is 0.0278. The summed E-state index contributed by atoms with van der Waals surface area (Å²) in [5.41, 5.74) is 4.76. The Morgan fingerprint density at radius 2 is 2.03 bits per heavy atom. The van der Waals surface area contributed by atoms with Crippen LogP contribution in [0.5, 0.6) is 0 Å². The molecule has 1 aliphatic heterocycles. The molecule has 0 saturated carbocycles. The predicted octanol–water partition coefficient (Wildman–Crippen LogP) is 4.77. The van der Waals surface area contributed by atoms with E-state index in [1.165, 1.54) is 17.0 Å². The molecule has 3 aromatic rings. The third kappa shape index (κ3) is 3.81. The summed E-state index contributed by atoms with van der Waals surface area (Å²) in [6.07, 6.45) is 3.58. The zero-order valence-electron chi connectivity index (χ0n) is 17.4. The maximum absolute atomic E-state index is 5.75. The second-order valence-electron chi connectivity index (χ2n) is 8.16. The molecule has 5 nitrogen and oxygen atoms in total. The number of aryl methyl sites for hydroxylation is 1. The summed E-state index contributed by atoms with van der Waals surface area (Å²) in [6.45, 7) is 10.4. The zero-order valence-corrected chi connectivity index (χ0v) is 18.2. The predicted molar refractivity (Wildman–Crippen MR) is 119 cm³/mol. The van der Waals surface area contributed by atoms with E-state index in [9.17, 15) is 0 Å². The number of pyridine rings is 1. The van der Waals surface area contributed by atoms with Gasteiger partial charge in [-0.05, 0) is 67.9 Å². The molecule has 4 heterocycles. The molecule has 3 aromatic heterocycles. The van der Waals surface area contributed by atoms with Gasteiger partial charge < -0.3 is 19.2 Å². The number of rotatable bonds is 6. The topological polar surface area (TPSA) is 46.2 Å². The van der Waals surface area contributed by atoms with Gasteiger partial charge in [-0.1, -0.05) is 19.9 Å². The van der Waals surface area contributed by atoms with Gasteiger partial charge in [0, 0.05) is 24.1 Å². The molecule has 1 fully saturated rings. The van der Waals surface area contributed by atoms with Crippen LogP contribution in [-0.4, -0.2) is 26.1 Å². The molecule has 152 valence electrons. The van der Waals surface area contributed by atoms with Crippen LogP contribution in [0.3, 0.4) is 0 Å². The molecular formula is C23H28N4OS. The van der Waals surface area contributed by atoms with Crippen molar-refractivity contribution in [2.45, 2.75) is 46.3 Å². The fourth-order valence-electron chi connectivity index (χ4n) is 4.26. The standard InChI is InChI=1S/C23H28N4OS/c1-15(2)13-27-22(21(25-23(27)29)20-9-5-6-10-24-20)19-12-16(3)26(17(19)4)14-18-8-7-11-28-18/h5-12,15,21-22H,13-14H2,1-4H3,(H,25,29)/t21-,22+/m0/s1. The van der Waals surface area contributed by atoms with Gasteiger partial charge in [-0.25, -0.2) is 0 Å². The van der Waals surface area contributed by atoms with Gasteiger partial charge in [-0.2, -0.15) is 0 Å². The Balaban J connectivity index is 1.76. The molecule has 1 aliphatic rings. The van der Waals surface area contributed by atoms with Gasteiger partial charge in [0.2, 0.25) is 0 Å². The highest BCUT2D eigenvalue weighted by atomic mass is 32.1. The van der Waals surface area contributed by atoms with Crippen molar-refractivity contribution in [3.8, 4) is 0 Å². The summed E-state index contributed by atoms with van der Waals surface area (Å²) in [7, 11) is 0.